The van der Waals surface area contributed by atoms with Crippen molar-refractivity contribution >= 4 is 33.7 Å². The van der Waals surface area contributed by atoms with Gasteiger partial charge in [0.2, 0.25) is 5.52 Å². The maximum atomic E-state index is 6.12. The van der Waals surface area contributed by atoms with Gasteiger partial charge in [0, 0.05) is 18.2 Å². The van der Waals surface area contributed by atoms with Crippen LogP contribution in [0.4, 0.5) is 0 Å². The second-order valence-electron chi connectivity index (χ2n) is 10.5. The van der Waals surface area contributed by atoms with Gasteiger partial charge in [-0.3, -0.25) is 0 Å². The van der Waals surface area contributed by atoms with Crippen LogP contribution >= 0.6 is 11.3 Å². The summed E-state index contributed by atoms with van der Waals surface area (Å²) in [4.78, 5) is 0. The molecule has 4 aromatic rings. The number of aryl methyl sites for hydroxylation is 1. The molecule has 8 nitrogen and oxygen atoms in total. The van der Waals surface area contributed by atoms with Crippen LogP contribution in [0, 0.1) is 0 Å². The summed E-state index contributed by atoms with van der Waals surface area (Å²) in [5, 5.41) is 4.72. The van der Waals surface area contributed by atoms with E-state index in [2.05, 4.69) is 65.5 Å². The van der Waals surface area contributed by atoms with Crippen molar-refractivity contribution in [3.8, 4) is 23.0 Å². The fourth-order valence-corrected chi connectivity index (χ4v) is 6.34. The lowest BCUT2D eigenvalue weighted by Gasteiger charge is -2.18. The predicted molar refractivity (Wildman–Crippen MR) is 168 cm³/mol. The zero-order valence-corrected chi connectivity index (χ0v) is 25.4. The van der Waals surface area contributed by atoms with Crippen LogP contribution in [0.5, 0.6) is 23.0 Å². The largest absolute Gasteiger partial charge is 0.487 e. The van der Waals surface area contributed by atoms with Crippen molar-refractivity contribution in [2.24, 2.45) is 7.05 Å². The van der Waals surface area contributed by atoms with E-state index < -0.39 is 0 Å². The molecule has 0 radical (unpaired) electrons. The highest BCUT2D eigenvalue weighted by molar-refractivity contribution is 7.18. The number of ether oxygens (including phenoxy) is 6. The summed E-state index contributed by atoms with van der Waals surface area (Å²) in [5.74, 6) is 2.80. The zero-order chi connectivity index (χ0) is 29.3. The van der Waals surface area contributed by atoms with Crippen molar-refractivity contribution in [3.63, 3.8) is 0 Å². The first-order valence-corrected chi connectivity index (χ1v) is 15.8. The van der Waals surface area contributed by atoms with Gasteiger partial charge in [-0.05, 0) is 66.9 Å². The number of benzene rings is 3. The fraction of sp³-hybridized carbons (Fsp3) is 0.382. The van der Waals surface area contributed by atoms with Gasteiger partial charge in [-0.15, -0.1) is 0 Å². The number of nitrogens with zero attached hydrogens (tertiary/aromatic N) is 1. The van der Waals surface area contributed by atoms with Crippen LogP contribution in [-0.4, -0.2) is 59.4 Å². The van der Waals surface area contributed by atoms with Gasteiger partial charge in [0.15, 0.2) is 23.0 Å². The third-order valence-corrected chi connectivity index (χ3v) is 8.71. The lowest BCUT2D eigenvalue weighted by Crippen LogP contribution is -2.28. The van der Waals surface area contributed by atoms with Gasteiger partial charge in [0.05, 0.1) is 26.4 Å². The molecule has 1 fully saturated rings. The van der Waals surface area contributed by atoms with Crippen molar-refractivity contribution in [1.29, 1.82) is 0 Å². The van der Waals surface area contributed by atoms with E-state index in [1.807, 2.05) is 24.3 Å². The first-order chi connectivity index (χ1) is 21.2. The molecule has 6 rings (SSSR count). The number of rotatable bonds is 3. The number of thiazole rings is 1. The maximum Gasteiger partial charge on any atom is 0.262 e. The lowest BCUT2D eigenvalue weighted by atomic mass is 10.0. The molecule has 0 amide bonds. The summed E-state index contributed by atoms with van der Waals surface area (Å²) < 4.78 is 39.4. The van der Waals surface area contributed by atoms with Crippen molar-refractivity contribution in [3.05, 3.63) is 76.8 Å². The van der Waals surface area contributed by atoms with Crippen molar-refractivity contribution in [1.82, 2.24) is 5.32 Å². The molecule has 0 spiro atoms. The highest BCUT2D eigenvalue weighted by Crippen LogP contribution is 2.33. The summed E-state index contributed by atoms with van der Waals surface area (Å²) in [7, 11) is 2.09. The molecule has 2 aliphatic heterocycles. The van der Waals surface area contributed by atoms with Crippen LogP contribution in [0.25, 0.3) is 22.4 Å². The second-order valence-corrected chi connectivity index (χ2v) is 11.5. The second kappa shape index (κ2) is 14.7. The van der Waals surface area contributed by atoms with Gasteiger partial charge in [0.1, 0.15) is 38.2 Å². The van der Waals surface area contributed by atoms with Crippen LogP contribution in [0.15, 0.2) is 60.7 Å². The smallest absolute Gasteiger partial charge is 0.262 e. The van der Waals surface area contributed by atoms with Crippen LogP contribution in [0.1, 0.15) is 35.0 Å². The van der Waals surface area contributed by atoms with Crippen molar-refractivity contribution in [2.45, 2.75) is 18.9 Å². The van der Waals surface area contributed by atoms with Crippen LogP contribution in [0.2, 0.25) is 0 Å². The molecule has 3 aromatic carbocycles. The Hall–Kier alpha value is -3.63. The summed E-state index contributed by atoms with van der Waals surface area (Å²) in [5.41, 5.74) is 3.46. The van der Waals surface area contributed by atoms with E-state index in [-0.39, 0.29) is 0 Å². The Morgan fingerprint density at radius 2 is 1.37 bits per heavy atom. The molecule has 9 heteroatoms. The molecule has 3 heterocycles. The number of nitrogens with one attached hydrogen (secondary N) is 1. The number of hydrogen-bond donors (Lipinski definition) is 1. The summed E-state index contributed by atoms with van der Waals surface area (Å²) >= 11 is 1.77. The summed E-state index contributed by atoms with van der Waals surface area (Å²) in [6, 6.07) is 21.0. The summed E-state index contributed by atoms with van der Waals surface area (Å²) in [6.45, 7) is 4.42. The molecule has 1 unspecified atom stereocenters. The molecule has 2 aliphatic rings. The molecule has 1 aromatic heterocycles. The van der Waals surface area contributed by atoms with Gasteiger partial charge >= 0.3 is 0 Å². The normalized spacial score (nSPS) is 18.9. The molecule has 226 valence electrons. The van der Waals surface area contributed by atoms with Gasteiger partial charge in [-0.25, -0.2) is 0 Å². The Bertz CT molecular complexity index is 1530. The van der Waals surface area contributed by atoms with Crippen molar-refractivity contribution in [2.75, 3.05) is 59.4 Å². The summed E-state index contributed by atoms with van der Waals surface area (Å²) in [6.07, 6.45) is 6.55. The van der Waals surface area contributed by atoms with Crippen molar-refractivity contribution < 1.29 is 33.0 Å². The molecule has 0 saturated carbocycles. The molecular weight excluding hydrogens is 564 g/mol. The Kier molecular flexibility index (Phi) is 10.1. The third kappa shape index (κ3) is 7.67. The van der Waals surface area contributed by atoms with Crippen LogP contribution < -0.4 is 28.8 Å². The van der Waals surface area contributed by atoms with E-state index in [1.54, 1.807) is 11.3 Å². The molecule has 43 heavy (non-hydrogen) atoms. The average molecular weight is 604 g/mol. The Morgan fingerprint density at radius 3 is 2.05 bits per heavy atom. The topological polar surface area (TPSA) is 71.3 Å². The minimum absolute atomic E-state index is 0.360. The number of para-hydroxylation sites is 1. The minimum Gasteiger partial charge on any atom is -0.487 e. The molecule has 0 bridgehead atoms. The Labute approximate surface area is 256 Å². The highest BCUT2D eigenvalue weighted by atomic mass is 32.1. The van der Waals surface area contributed by atoms with E-state index in [1.165, 1.54) is 27.2 Å². The average Bonchev–Trinajstić information content (AvgIpc) is 3.68. The SMILES string of the molecule is C[n+]1c(/C=C/c2ccc3c(c2)OCCOCCOc2ccc(C4CCCN4)cc2OCCOCCO3)sc2ccccc21. The van der Waals surface area contributed by atoms with Crippen LogP contribution in [0.3, 0.4) is 0 Å². The number of fused-ring (bicyclic) bond motifs is 3. The number of hydrogen-bond acceptors (Lipinski definition) is 8. The third-order valence-electron chi connectivity index (χ3n) is 7.53. The van der Waals surface area contributed by atoms with E-state index >= 15 is 0 Å². The molecule has 1 N–H and O–H groups in total. The molecule has 0 aliphatic carbocycles. The van der Waals surface area contributed by atoms with Gasteiger partial charge in [-0.1, -0.05) is 35.6 Å². The molecular formula is C34H39N2O6S+. The first-order valence-electron chi connectivity index (χ1n) is 15.0. The van der Waals surface area contributed by atoms with E-state index in [0.29, 0.717) is 76.1 Å². The monoisotopic (exact) mass is 603 g/mol. The number of aromatic nitrogens is 1. The predicted octanol–water partition coefficient (Wildman–Crippen LogP) is 5.58. The van der Waals surface area contributed by atoms with Crippen LogP contribution in [-0.2, 0) is 16.5 Å². The minimum atomic E-state index is 0.360. The quantitative estimate of drug-likeness (QED) is 0.307. The van der Waals surface area contributed by atoms with E-state index in [0.717, 1.165) is 24.3 Å². The Morgan fingerprint density at radius 1 is 0.721 bits per heavy atom. The zero-order valence-electron chi connectivity index (χ0n) is 24.6. The van der Waals surface area contributed by atoms with Gasteiger partial charge in [0.25, 0.3) is 5.01 Å². The fourth-order valence-electron chi connectivity index (χ4n) is 5.28. The maximum absolute atomic E-state index is 6.12. The Balaban J connectivity index is 1.09. The van der Waals surface area contributed by atoms with Gasteiger partial charge in [-0.2, -0.15) is 4.57 Å². The van der Waals surface area contributed by atoms with E-state index in [9.17, 15) is 0 Å². The van der Waals surface area contributed by atoms with Gasteiger partial charge < -0.3 is 33.7 Å². The standard InChI is InChI=1S/C34H39N2O6S/c1-36-28-6-2-3-7-33(28)43-34(36)13-9-25-8-11-29-31(23-25)41-21-17-37-16-20-40-30-12-10-26(27-5-4-14-35-27)24-32(30)42-22-18-38-15-19-39-29/h2-3,6-13,23-24,27,35H,4-5,14-22H2,1H3/q+1/b13-9+. The first kappa shape index (κ1) is 29.4. The lowest BCUT2D eigenvalue weighted by molar-refractivity contribution is -0.642. The molecule has 1 saturated heterocycles. The highest BCUT2D eigenvalue weighted by Gasteiger charge is 2.19. The molecule has 1 atom stereocenters. The van der Waals surface area contributed by atoms with E-state index in [4.69, 9.17) is 28.4 Å².